The van der Waals surface area contributed by atoms with E-state index in [1.807, 2.05) is 0 Å². The standard InChI is InChI=1S/C25H18F3N3O5/c1-35-20-11-5-7-16(22(20)36-14-21(32)33)13-29-31-23(15-6-4-8-17(12-15)25(26,27)28)30-19-10-3-2-9-18(19)24(31)34/h2-13H,14H2,1H3,(H,32,33). The van der Waals surface area contributed by atoms with Gasteiger partial charge in [0.1, 0.15) is 0 Å². The van der Waals surface area contributed by atoms with Crippen LogP contribution in [0.5, 0.6) is 11.5 Å². The fraction of sp³-hybridized carbons (Fsp3) is 0.120. The minimum atomic E-state index is -4.60. The Morgan fingerprint density at radius 2 is 1.86 bits per heavy atom. The van der Waals surface area contributed by atoms with E-state index in [0.717, 1.165) is 16.8 Å². The number of benzene rings is 3. The second-order valence-corrected chi connectivity index (χ2v) is 7.45. The molecule has 4 aromatic rings. The highest BCUT2D eigenvalue weighted by Crippen LogP contribution is 2.32. The molecule has 0 saturated carbocycles. The van der Waals surface area contributed by atoms with Gasteiger partial charge in [-0.15, -0.1) is 0 Å². The molecule has 11 heteroatoms. The normalized spacial score (nSPS) is 11.7. The molecular formula is C25H18F3N3O5. The van der Waals surface area contributed by atoms with Crippen LogP contribution < -0.4 is 15.0 Å². The predicted molar refractivity (Wildman–Crippen MR) is 126 cm³/mol. The number of ether oxygens (including phenoxy) is 2. The lowest BCUT2D eigenvalue weighted by atomic mass is 10.1. The molecular weight excluding hydrogens is 479 g/mol. The summed E-state index contributed by atoms with van der Waals surface area (Å²) in [6, 6.07) is 15.5. The lowest BCUT2D eigenvalue weighted by Gasteiger charge is -2.13. The first kappa shape index (κ1) is 24.5. The number of hydrogen-bond acceptors (Lipinski definition) is 6. The Morgan fingerprint density at radius 1 is 1.11 bits per heavy atom. The summed E-state index contributed by atoms with van der Waals surface area (Å²) < 4.78 is 51.5. The molecule has 0 unspecified atom stereocenters. The van der Waals surface area contributed by atoms with E-state index in [4.69, 9.17) is 14.6 Å². The maximum absolute atomic E-state index is 13.3. The van der Waals surface area contributed by atoms with Gasteiger partial charge < -0.3 is 14.6 Å². The third-order valence-corrected chi connectivity index (χ3v) is 5.08. The topological polar surface area (TPSA) is 103 Å². The van der Waals surface area contributed by atoms with Crippen molar-refractivity contribution >= 4 is 23.1 Å². The van der Waals surface area contributed by atoms with Gasteiger partial charge in [-0.1, -0.05) is 30.3 Å². The van der Waals surface area contributed by atoms with Crippen molar-refractivity contribution in [2.45, 2.75) is 6.18 Å². The molecule has 8 nitrogen and oxygen atoms in total. The van der Waals surface area contributed by atoms with Crippen LogP contribution in [0, 0.1) is 0 Å². The Hall–Kier alpha value is -4.67. The molecule has 3 aromatic carbocycles. The highest BCUT2D eigenvalue weighted by Gasteiger charge is 2.31. The molecule has 0 fully saturated rings. The fourth-order valence-corrected chi connectivity index (χ4v) is 3.46. The summed E-state index contributed by atoms with van der Waals surface area (Å²) >= 11 is 0. The summed E-state index contributed by atoms with van der Waals surface area (Å²) in [4.78, 5) is 28.7. The van der Waals surface area contributed by atoms with Gasteiger partial charge in [0.2, 0.25) is 0 Å². The van der Waals surface area contributed by atoms with E-state index in [1.165, 1.54) is 31.5 Å². The third-order valence-electron chi connectivity index (χ3n) is 5.08. The monoisotopic (exact) mass is 497 g/mol. The molecule has 0 aliphatic rings. The first-order valence-corrected chi connectivity index (χ1v) is 10.4. The van der Waals surface area contributed by atoms with Crippen LogP contribution in [0.2, 0.25) is 0 Å². The molecule has 0 aliphatic carbocycles. The average Bonchev–Trinajstić information content (AvgIpc) is 2.86. The number of rotatable bonds is 7. The molecule has 4 rings (SSSR count). The van der Waals surface area contributed by atoms with Crippen LogP contribution in [-0.2, 0) is 11.0 Å². The zero-order chi connectivity index (χ0) is 25.9. The number of nitrogens with zero attached hydrogens (tertiary/aromatic N) is 3. The van der Waals surface area contributed by atoms with Gasteiger partial charge in [0, 0.05) is 11.1 Å². The van der Waals surface area contributed by atoms with Gasteiger partial charge in [-0.2, -0.15) is 22.9 Å². The zero-order valence-corrected chi connectivity index (χ0v) is 18.7. The molecule has 0 saturated heterocycles. The first-order chi connectivity index (χ1) is 17.2. The number of fused-ring (bicyclic) bond motifs is 1. The molecule has 0 atom stereocenters. The number of aromatic nitrogens is 2. The van der Waals surface area contributed by atoms with E-state index in [9.17, 15) is 22.8 Å². The quantitative estimate of drug-likeness (QED) is 0.379. The summed E-state index contributed by atoms with van der Waals surface area (Å²) in [5.74, 6) is -1.04. The molecule has 184 valence electrons. The van der Waals surface area contributed by atoms with Crippen LogP contribution in [0.25, 0.3) is 22.3 Å². The molecule has 1 aromatic heterocycles. The van der Waals surface area contributed by atoms with Gasteiger partial charge in [0.15, 0.2) is 23.9 Å². The third kappa shape index (κ3) is 5.04. The van der Waals surface area contributed by atoms with Crippen LogP contribution in [0.3, 0.4) is 0 Å². The molecule has 0 bridgehead atoms. The Morgan fingerprint density at radius 3 is 2.58 bits per heavy atom. The van der Waals surface area contributed by atoms with Crippen molar-refractivity contribution in [2.75, 3.05) is 13.7 Å². The number of methoxy groups -OCH3 is 1. The van der Waals surface area contributed by atoms with Crippen LogP contribution in [0.15, 0.2) is 76.6 Å². The second kappa shape index (κ2) is 9.90. The van der Waals surface area contributed by atoms with Crippen molar-refractivity contribution in [3.8, 4) is 22.9 Å². The van der Waals surface area contributed by atoms with E-state index in [-0.39, 0.29) is 39.4 Å². The minimum Gasteiger partial charge on any atom is -0.493 e. The molecule has 0 amide bonds. The second-order valence-electron chi connectivity index (χ2n) is 7.45. The number of carbonyl (C=O) groups is 1. The number of aliphatic carboxylic acids is 1. The maximum atomic E-state index is 13.3. The molecule has 1 heterocycles. The zero-order valence-electron chi connectivity index (χ0n) is 18.7. The smallest absolute Gasteiger partial charge is 0.416 e. The lowest BCUT2D eigenvalue weighted by Crippen LogP contribution is -2.20. The van der Waals surface area contributed by atoms with Crippen LogP contribution in [-0.4, -0.2) is 40.7 Å². The molecule has 0 aliphatic heterocycles. The maximum Gasteiger partial charge on any atom is 0.416 e. The Bertz CT molecular complexity index is 1530. The molecule has 0 radical (unpaired) electrons. The summed E-state index contributed by atoms with van der Waals surface area (Å²) in [6.45, 7) is -0.659. The Labute approximate surface area is 201 Å². The number of halogens is 3. The number of alkyl halides is 3. The van der Waals surface area contributed by atoms with Crippen molar-refractivity contribution < 1.29 is 32.5 Å². The summed E-state index contributed by atoms with van der Waals surface area (Å²) in [5.41, 5.74) is -0.938. The number of carboxylic acids is 1. The van der Waals surface area contributed by atoms with Crippen molar-refractivity contribution in [3.05, 3.63) is 88.2 Å². The average molecular weight is 497 g/mol. The minimum absolute atomic E-state index is 0.0258. The van der Waals surface area contributed by atoms with Crippen LogP contribution in [0.1, 0.15) is 11.1 Å². The largest absolute Gasteiger partial charge is 0.493 e. The van der Waals surface area contributed by atoms with E-state index in [1.54, 1.807) is 36.4 Å². The van der Waals surface area contributed by atoms with Crippen molar-refractivity contribution in [3.63, 3.8) is 0 Å². The van der Waals surface area contributed by atoms with Gasteiger partial charge in [-0.05, 0) is 36.4 Å². The highest BCUT2D eigenvalue weighted by atomic mass is 19.4. The van der Waals surface area contributed by atoms with Crippen LogP contribution in [0.4, 0.5) is 13.2 Å². The Balaban J connectivity index is 1.91. The molecule has 0 spiro atoms. The van der Waals surface area contributed by atoms with Gasteiger partial charge >= 0.3 is 12.1 Å². The van der Waals surface area contributed by atoms with Gasteiger partial charge in [0.25, 0.3) is 5.56 Å². The number of hydrogen-bond donors (Lipinski definition) is 1. The van der Waals surface area contributed by atoms with Crippen LogP contribution >= 0.6 is 0 Å². The summed E-state index contributed by atoms with van der Waals surface area (Å²) in [5, 5.41) is 13.4. The summed E-state index contributed by atoms with van der Waals surface area (Å²) in [6.07, 6.45) is -3.38. The fourth-order valence-electron chi connectivity index (χ4n) is 3.46. The van der Waals surface area contributed by atoms with E-state index >= 15 is 0 Å². The van der Waals surface area contributed by atoms with Gasteiger partial charge in [-0.25, -0.2) is 9.78 Å². The lowest BCUT2D eigenvalue weighted by molar-refractivity contribution is -0.139. The van der Waals surface area contributed by atoms with Crippen molar-refractivity contribution in [1.82, 2.24) is 9.66 Å². The summed E-state index contributed by atoms with van der Waals surface area (Å²) in [7, 11) is 1.37. The van der Waals surface area contributed by atoms with E-state index in [2.05, 4.69) is 10.1 Å². The van der Waals surface area contributed by atoms with E-state index < -0.39 is 29.9 Å². The molecule has 1 N–H and O–H groups in total. The van der Waals surface area contributed by atoms with Crippen molar-refractivity contribution in [2.24, 2.45) is 5.10 Å². The number of carboxylic acid groups (broad SMARTS) is 1. The predicted octanol–water partition coefficient (Wildman–Crippen LogP) is 4.44. The van der Waals surface area contributed by atoms with Crippen molar-refractivity contribution in [1.29, 1.82) is 0 Å². The highest BCUT2D eigenvalue weighted by molar-refractivity contribution is 5.86. The number of para-hydroxylation sites is 2. The SMILES string of the molecule is COc1cccc(C=Nn2c(-c3cccc(C(F)(F)F)c3)nc3ccccc3c2=O)c1OCC(=O)O. The first-order valence-electron chi connectivity index (χ1n) is 10.4. The van der Waals surface area contributed by atoms with E-state index in [0.29, 0.717) is 0 Å². The Kier molecular flexibility index (Phi) is 6.73. The van der Waals surface area contributed by atoms with Gasteiger partial charge in [-0.3, -0.25) is 4.79 Å². The molecule has 36 heavy (non-hydrogen) atoms. The van der Waals surface area contributed by atoms with Gasteiger partial charge in [0.05, 0.1) is 29.8 Å².